The van der Waals surface area contributed by atoms with Gasteiger partial charge in [0, 0.05) is 18.3 Å². The minimum Gasteiger partial charge on any atom is -0.344 e. The van der Waals surface area contributed by atoms with Gasteiger partial charge in [0.25, 0.3) is 5.91 Å². The summed E-state index contributed by atoms with van der Waals surface area (Å²) in [5, 5.41) is 12.1. The zero-order valence-electron chi connectivity index (χ0n) is 15.0. The third-order valence-corrected chi connectivity index (χ3v) is 4.79. The molecule has 3 aromatic rings. The van der Waals surface area contributed by atoms with E-state index in [-0.39, 0.29) is 11.9 Å². The SMILES string of the molecule is CCn1nc(C)cc1C(=O)NC1CCCc2c1cnn2-c1ccccn1. The largest absolute Gasteiger partial charge is 0.344 e. The first-order chi connectivity index (χ1) is 12.7. The average Bonchev–Trinajstić information content (AvgIpc) is 3.26. The maximum Gasteiger partial charge on any atom is 0.270 e. The minimum absolute atomic E-state index is 0.0378. The lowest BCUT2D eigenvalue weighted by Gasteiger charge is -2.24. The van der Waals surface area contributed by atoms with E-state index in [4.69, 9.17) is 0 Å². The van der Waals surface area contributed by atoms with Crippen molar-refractivity contribution in [2.45, 2.75) is 45.7 Å². The van der Waals surface area contributed by atoms with Gasteiger partial charge in [0.1, 0.15) is 5.69 Å². The number of aromatic nitrogens is 5. The van der Waals surface area contributed by atoms with Gasteiger partial charge in [-0.05, 0) is 51.3 Å². The van der Waals surface area contributed by atoms with Crippen LogP contribution < -0.4 is 5.32 Å². The predicted molar refractivity (Wildman–Crippen MR) is 97.1 cm³/mol. The molecule has 4 rings (SSSR count). The zero-order chi connectivity index (χ0) is 18.1. The van der Waals surface area contributed by atoms with Gasteiger partial charge in [0.15, 0.2) is 5.82 Å². The molecule has 7 nitrogen and oxygen atoms in total. The second kappa shape index (κ2) is 6.74. The summed E-state index contributed by atoms with van der Waals surface area (Å²) in [6.07, 6.45) is 6.47. The van der Waals surface area contributed by atoms with E-state index in [2.05, 4.69) is 20.5 Å². The molecule has 0 saturated carbocycles. The molecule has 0 fully saturated rings. The van der Waals surface area contributed by atoms with Crippen LogP contribution >= 0.6 is 0 Å². The molecule has 1 aliphatic carbocycles. The quantitative estimate of drug-likeness (QED) is 0.784. The first-order valence-electron chi connectivity index (χ1n) is 9.01. The van der Waals surface area contributed by atoms with Crippen LogP contribution in [0.1, 0.15) is 53.2 Å². The van der Waals surface area contributed by atoms with Crippen LogP contribution in [0.2, 0.25) is 0 Å². The van der Waals surface area contributed by atoms with E-state index in [0.717, 1.165) is 42.0 Å². The van der Waals surface area contributed by atoms with E-state index in [1.165, 1.54) is 0 Å². The van der Waals surface area contributed by atoms with Crippen molar-refractivity contribution >= 4 is 5.91 Å². The maximum absolute atomic E-state index is 12.8. The molecule has 0 bridgehead atoms. The highest BCUT2D eigenvalue weighted by Gasteiger charge is 2.27. The third-order valence-electron chi connectivity index (χ3n) is 4.79. The smallest absolute Gasteiger partial charge is 0.270 e. The third kappa shape index (κ3) is 2.89. The van der Waals surface area contributed by atoms with Crippen LogP contribution in [0.4, 0.5) is 0 Å². The van der Waals surface area contributed by atoms with Crippen LogP contribution in [0.5, 0.6) is 0 Å². The topological polar surface area (TPSA) is 77.6 Å². The van der Waals surface area contributed by atoms with E-state index in [1.807, 2.05) is 49.0 Å². The van der Waals surface area contributed by atoms with Gasteiger partial charge in [-0.3, -0.25) is 9.48 Å². The van der Waals surface area contributed by atoms with Gasteiger partial charge in [0.05, 0.1) is 23.6 Å². The molecule has 7 heteroatoms. The van der Waals surface area contributed by atoms with Gasteiger partial charge in [-0.15, -0.1) is 0 Å². The summed E-state index contributed by atoms with van der Waals surface area (Å²) in [5.74, 6) is 0.719. The lowest BCUT2D eigenvalue weighted by molar-refractivity contribution is 0.0922. The molecule has 1 unspecified atom stereocenters. The van der Waals surface area contributed by atoms with Crippen LogP contribution in [0, 0.1) is 6.92 Å². The number of amides is 1. The Morgan fingerprint density at radius 2 is 2.27 bits per heavy atom. The van der Waals surface area contributed by atoms with Crippen molar-refractivity contribution in [3.8, 4) is 5.82 Å². The van der Waals surface area contributed by atoms with Crippen LogP contribution in [-0.4, -0.2) is 30.5 Å². The van der Waals surface area contributed by atoms with Gasteiger partial charge in [0.2, 0.25) is 0 Å². The summed E-state index contributed by atoms with van der Waals surface area (Å²) in [6.45, 7) is 4.56. The monoisotopic (exact) mass is 350 g/mol. The molecular formula is C19H22N6O. The van der Waals surface area contributed by atoms with Crippen LogP contribution in [0.3, 0.4) is 0 Å². The van der Waals surface area contributed by atoms with E-state index < -0.39 is 0 Å². The normalized spacial score (nSPS) is 16.3. The Kier molecular flexibility index (Phi) is 4.28. The number of pyridine rings is 1. The number of nitrogens with zero attached hydrogens (tertiary/aromatic N) is 5. The number of nitrogens with one attached hydrogen (secondary N) is 1. The number of carbonyl (C=O) groups is 1. The fraction of sp³-hybridized carbons (Fsp3) is 0.368. The molecule has 0 saturated heterocycles. The van der Waals surface area contributed by atoms with E-state index in [1.54, 1.807) is 10.9 Å². The minimum atomic E-state index is -0.0871. The van der Waals surface area contributed by atoms with Crippen LogP contribution in [0.25, 0.3) is 5.82 Å². The fourth-order valence-electron chi connectivity index (χ4n) is 3.58. The average molecular weight is 350 g/mol. The highest BCUT2D eigenvalue weighted by molar-refractivity contribution is 5.93. The standard InChI is InChI=1S/C19H22N6O/c1-3-24-17(11-13(2)23-24)19(26)22-15-7-6-8-16-14(15)12-21-25(16)18-9-4-5-10-20-18/h4-5,9-12,15H,3,6-8H2,1-2H3,(H,22,26). The number of fused-ring (bicyclic) bond motifs is 1. The summed E-state index contributed by atoms with van der Waals surface area (Å²) >= 11 is 0. The number of aryl methyl sites for hydroxylation is 2. The zero-order valence-corrected chi connectivity index (χ0v) is 15.0. The molecule has 0 radical (unpaired) electrons. The molecule has 3 aromatic heterocycles. The fourth-order valence-corrected chi connectivity index (χ4v) is 3.58. The molecule has 1 atom stereocenters. The lowest BCUT2D eigenvalue weighted by Crippen LogP contribution is -2.32. The highest BCUT2D eigenvalue weighted by Crippen LogP contribution is 2.31. The first-order valence-corrected chi connectivity index (χ1v) is 9.01. The molecule has 1 N–H and O–H groups in total. The number of hydrogen-bond donors (Lipinski definition) is 1. The van der Waals surface area contributed by atoms with Crippen molar-refractivity contribution in [3.63, 3.8) is 0 Å². The van der Waals surface area contributed by atoms with Crippen molar-refractivity contribution in [2.75, 3.05) is 0 Å². The number of hydrogen-bond acceptors (Lipinski definition) is 4. The summed E-state index contributed by atoms with van der Waals surface area (Å²) in [4.78, 5) is 17.2. The molecule has 0 aromatic carbocycles. The summed E-state index contributed by atoms with van der Waals surface area (Å²) in [7, 11) is 0. The van der Waals surface area contributed by atoms with Crippen molar-refractivity contribution < 1.29 is 4.79 Å². The Morgan fingerprint density at radius 3 is 3.04 bits per heavy atom. The van der Waals surface area contributed by atoms with Gasteiger partial charge in [-0.2, -0.15) is 10.2 Å². The second-order valence-electron chi connectivity index (χ2n) is 6.55. The molecule has 26 heavy (non-hydrogen) atoms. The molecule has 0 aliphatic heterocycles. The van der Waals surface area contributed by atoms with Crippen molar-refractivity contribution in [3.05, 3.63) is 59.3 Å². The van der Waals surface area contributed by atoms with Gasteiger partial charge in [-0.1, -0.05) is 6.07 Å². The van der Waals surface area contributed by atoms with Crippen molar-refractivity contribution in [2.24, 2.45) is 0 Å². The van der Waals surface area contributed by atoms with Gasteiger partial charge in [-0.25, -0.2) is 9.67 Å². The van der Waals surface area contributed by atoms with E-state index in [0.29, 0.717) is 12.2 Å². The second-order valence-corrected chi connectivity index (χ2v) is 6.55. The number of rotatable bonds is 4. The highest BCUT2D eigenvalue weighted by atomic mass is 16.2. The Bertz CT molecular complexity index is 927. The molecule has 1 aliphatic rings. The van der Waals surface area contributed by atoms with E-state index >= 15 is 0 Å². The van der Waals surface area contributed by atoms with Crippen molar-refractivity contribution in [1.82, 2.24) is 29.9 Å². The van der Waals surface area contributed by atoms with Crippen LogP contribution in [0.15, 0.2) is 36.7 Å². The molecule has 134 valence electrons. The maximum atomic E-state index is 12.8. The number of carbonyl (C=O) groups excluding carboxylic acids is 1. The molecule has 1 amide bonds. The van der Waals surface area contributed by atoms with E-state index in [9.17, 15) is 4.79 Å². The van der Waals surface area contributed by atoms with Crippen molar-refractivity contribution in [1.29, 1.82) is 0 Å². The Labute approximate surface area is 152 Å². The van der Waals surface area contributed by atoms with Gasteiger partial charge < -0.3 is 5.32 Å². The molecular weight excluding hydrogens is 328 g/mol. The molecule has 0 spiro atoms. The molecule has 3 heterocycles. The summed E-state index contributed by atoms with van der Waals surface area (Å²) < 4.78 is 3.62. The Hall–Kier alpha value is -2.96. The summed E-state index contributed by atoms with van der Waals surface area (Å²) in [5.41, 5.74) is 3.66. The first kappa shape index (κ1) is 16.5. The predicted octanol–water partition coefficient (Wildman–Crippen LogP) is 2.60. The Balaban J connectivity index is 1.61. The van der Waals surface area contributed by atoms with Crippen LogP contribution in [-0.2, 0) is 13.0 Å². The summed E-state index contributed by atoms with van der Waals surface area (Å²) in [6, 6.07) is 7.58. The Morgan fingerprint density at radius 1 is 1.38 bits per heavy atom. The van der Waals surface area contributed by atoms with Gasteiger partial charge >= 0.3 is 0 Å². The lowest BCUT2D eigenvalue weighted by atomic mass is 9.93.